The molecule has 0 aromatic rings. The topological polar surface area (TPSA) is 52.6 Å². The lowest BCUT2D eigenvalue weighted by atomic mass is 9.90. The standard InChI is InChI=1S/C32H62O4/c1-27(2)21-15-13-19-25-35-31(33)24-18-12-10-8-7-9-11-17-23-29(5)30(6)32(34)36-26-20-14-16-22-28(3)4/h27-30H,7-26H2,1-6H3. The summed E-state index contributed by atoms with van der Waals surface area (Å²) < 4.78 is 10.9. The van der Waals surface area contributed by atoms with Gasteiger partial charge in [-0.05, 0) is 43.4 Å². The van der Waals surface area contributed by atoms with Crippen molar-refractivity contribution in [2.24, 2.45) is 23.7 Å². The zero-order valence-corrected chi connectivity index (χ0v) is 25.1. The fourth-order valence-electron chi connectivity index (χ4n) is 4.50. The van der Waals surface area contributed by atoms with E-state index in [0.717, 1.165) is 56.8 Å². The maximum Gasteiger partial charge on any atom is 0.308 e. The predicted octanol–water partition coefficient (Wildman–Crippen LogP) is 9.68. The summed E-state index contributed by atoms with van der Waals surface area (Å²) >= 11 is 0. The Kier molecular flexibility index (Phi) is 23.6. The Balaban J connectivity index is 3.50. The first-order chi connectivity index (χ1) is 17.2. The van der Waals surface area contributed by atoms with Crippen LogP contribution in [0.5, 0.6) is 0 Å². The van der Waals surface area contributed by atoms with Crippen molar-refractivity contribution in [2.75, 3.05) is 13.2 Å². The van der Waals surface area contributed by atoms with E-state index in [4.69, 9.17) is 9.47 Å². The molecular formula is C32H62O4. The average Bonchev–Trinajstić information content (AvgIpc) is 2.83. The van der Waals surface area contributed by atoms with Crippen molar-refractivity contribution >= 4 is 11.9 Å². The second-order valence-electron chi connectivity index (χ2n) is 12.0. The molecule has 0 radical (unpaired) electrons. The molecule has 0 aromatic heterocycles. The molecule has 2 atom stereocenters. The van der Waals surface area contributed by atoms with Crippen LogP contribution in [-0.2, 0) is 19.1 Å². The summed E-state index contributed by atoms with van der Waals surface area (Å²) in [7, 11) is 0. The summed E-state index contributed by atoms with van der Waals surface area (Å²) in [6, 6.07) is 0. The molecular weight excluding hydrogens is 448 g/mol. The van der Waals surface area contributed by atoms with E-state index in [9.17, 15) is 9.59 Å². The molecule has 0 aliphatic heterocycles. The molecule has 2 unspecified atom stereocenters. The Labute approximate surface area is 225 Å². The predicted molar refractivity (Wildman–Crippen MR) is 153 cm³/mol. The summed E-state index contributed by atoms with van der Waals surface area (Å²) in [5.41, 5.74) is 0. The van der Waals surface area contributed by atoms with Gasteiger partial charge in [-0.25, -0.2) is 0 Å². The Bertz CT molecular complexity index is 514. The van der Waals surface area contributed by atoms with Gasteiger partial charge >= 0.3 is 11.9 Å². The first-order valence-electron chi connectivity index (χ1n) is 15.6. The van der Waals surface area contributed by atoms with Gasteiger partial charge in [-0.15, -0.1) is 0 Å². The number of carbonyl (C=O) groups is 2. The van der Waals surface area contributed by atoms with E-state index in [2.05, 4.69) is 34.6 Å². The van der Waals surface area contributed by atoms with E-state index in [-0.39, 0.29) is 17.9 Å². The van der Waals surface area contributed by atoms with E-state index in [1.165, 1.54) is 64.2 Å². The maximum atomic E-state index is 12.3. The first kappa shape index (κ1) is 34.9. The number of unbranched alkanes of at least 4 members (excludes halogenated alkanes) is 11. The minimum Gasteiger partial charge on any atom is -0.466 e. The second kappa shape index (κ2) is 24.3. The first-order valence-corrected chi connectivity index (χ1v) is 15.6. The Morgan fingerprint density at radius 1 is 0.500 bits per heavy atom. The Morgan fingerprint density at radius 3 is 1.44 bits per heavy atom. The van der Waals surface area contributed by atoms with Crippen LogP contribution in [0.2, 0.25) is 0 Å². The van der Waals surface area contributed by atoms with Gasteiger partial charge in [0, 0.05) is 6.42 Å². The van der Waals surface area contributed by atoms with Crippen LogP contribution in [0.3, 0.4) is 0 Å². The van der Waals surface area contributed by atoms with Crippen LogP contribution in [0.1, 0.15) is 157 Å². The van der Waals surface area contributed by atoms with Gasteiger partial charge in [0.25, 0.3) is 0 Å². The van der Waals surface area contributed by atoms with Crippen molar-refractivity contribution in [3.63, 3.8) is 0 Å². The molecule has 0 amide bonds. The average molecular weight is 511 g/mol. The van der Waals surface area contributed by atoms with E-state index < -0.39 is 0 Å². The zero-order valence-electron chi connectivity index (χ0n) is 25.1. The lowest BCUT2D eigenvalue weighted by molar-refractivity contribution is -0.150. The fourth-order valence-corrected chi connectivity index (χ4v) is 4.50. The zero-order chi connectivity index (χ0) is 27.0. The molecule has 0 fully saturated rings. The molecule has 4 nitrogen and oxygen atoms in total. The third-order valence-corrected chi connectivity index (χ3v) is 7.37. The smallest absolute Gasteiger partial charge is 0.308 e. The molecule has 0 aliphatic carbocycles. The van der Waals surface area contributed by atoms with Gasteiger partial charge in [-0.2, -0.15) is 0 Å². The van der Waals surface area contributed by atoms with Gasteiger partial charge in [-0.3, -0.25) is 9.59 Å². The highest BCUT2D eigenvalue weighted by atomic mass is 16.5. The largest absolute Gasteiger partial charge is 0.466 e. The van der Waals surface area contributed by atoms with Gasteiger partial charge in [-0.1, -0.05) is 125 Å². The van der Waals surface area contributed by atoms with E-state index >= 15 is 0 Å². The van der Waals surface area contributed by atoms with Gasteiger partial charge < -0.3 is 9.47 Å². The Hall–Kier alpha value is -1.06. The highest BCUT2D eigenvalue weighted by molar-refractivity contribution is 5.72. The summed E-state index contributed by atoms with van der Waals surface area (Å²) in [4.78, 5) is 24.1. The van der Waals surface area contributed by atoms with Crippen LogP contribution in [0.25, 0.3) is 0 Å². The van der Waals surface area contributed by atoms with Crippen molar-refractivity contribution in [2.45, 2.75) is 157 Å². The van der Waals surface area contributed by atoms with Crippen LogP contribution in [-0.4, -0.2) is 25.2 Å². The van der Waals surface area contributed by atoms with Crippen molar-refractivity contribution in [1.82, 2.24) is 0 Å². The number of esters is 2. The highest BCUT2D eigenvalue weighted by Crippen LogP contribution is 2.21. The van der Waals surface area contributed by atoms with Crippen LogP contribution in [0.15, 0.2) is 0 Å². The second-order valence-corrected chi connectivity index (χ2v) is 12.0. The molecule has 214 valence electrons. The summed E-state index contributed by atoms with van der Waals surface area (Å²) in [6.07, 6.45) is 20.5. The normalized spacial score (nSPS) is 13.2. The molecule has 0 rings (SSSR count). The number of ether oxygens (including phenoxy) is 2. The third-order valence-electron chi connectivity index (χ3n) is 7.37. The van der Waals surface area contributed by atoms with Crippen LogP contribution in [0.4, 0.5) is 0 Å². The summed E-state index contributed by atoms with van der Waals surface area (Å²) in [6.45, 7) is 14.4. The molecule has 0 spiro atoms. The summed E-state index contributed by atoms with van der Waals surface area (Å²) in [5, 5.41) is 0. The molecule has 0 aliphatic rings. The number of carbonyl (C=O) groups excluding carboxylic acids is 2. The highest BCUT2D eigenvalue weighted by Gasteiger charge is 2.21. The van der Waals surface area contributed by atoms with Crippen molar-refractivity contribution in [1.29, 1.82) is 0 Å². The minimum atomic E-state index is -0.0206. The van der Waals surface area contributed by atoms with Crippen LogP contribution < -0.4 is 0 Å². The molecule has 0 saturated heterocycles. The lowest BCUT2D eigenvalue weighted by Crippen LogP contribution is -2.22. The molecule has 0 heterocycles. The quantitative estimate of drug-likeness (QED) is 0.0906. The van der Waals surface area contributed by atoms with Gasteiger partial charge in [0.1, 0.15) is 0 Å². The molecule has 0 bridgehead atoms. The van der Waals surface area contributed by atoms with E-state index in [0.29, 0.717) is 25.6 Å². The molecule has 36 heavy (non-hydrogen) atoms. The van der Waals surface area contributed by atoms with E-state index in [1.54, 1.807) is 0 Å². The monoisotopic (exact) mass is 510 g/mol. The SMILES string of the molecule is CC(C)CCCCCOC(=O)CCCCCCCCCCC(C)C(C)C(=O)OCCCCCC(C)C. The number of hydrogen-bond donors (Lipinski definition) is 0. The van der Waals surface area contributed by atoms with Crippen molar-refractivity contribution < 1.29 is 19.1 Å². The molecule has 0 N–H and O–H groups in total. The minimum absolute atomic E-state index is 0.00257. The summed E-state index contributed by atoms with van der Waals surface area (Å²) in [5.74, 6) is 1.87. The van der Waals surface area contributed by atoms with Gasteiger partial charge in [0.2, 0.25) is 0 Å². The van der Waals surface area contributed by atoms with Gasteiger partial charge in [0.05, 0.1) is 19.1 Å². The Morgan fingerprint density at radius 2 is 0.917 bits per heavy atom. The fraction of sp³-hybridized carbons (Fsp3) is 0.938. The third kappa shape index (κ3) is 23.3. The van der Waals surface area contributed by atoms with Crippen molar-refractivity contribution in [3.05, 3.63) is 0 Å². The maximum absolute atomic E-state index is 12.3. The van der Waals surface area contributed by atoms with E-state index in [1.807, 2.05) is 6.92 Å². The van der Waals surface area contributed by atoms with Gasteiger partial charge in [0.15, 0.2) is 0 Å². The number of rotatable bonds is 25. The van der Waals surface area contributed by atoms with Crippen molar-refractivity contribution in [3.8, 4) is 0 Å². The molecule has 4 heteroatoms. The molecule has 0 aromatic carbocycles. The number of hydrogen-bond acceptors (Lipinski definition) is 4. The molecule has 0 saturated carbocycles. The van der Waals surface area contributed by atoms with Crippen LogP contribution in [0, 0.1) is 23.7 Å². The lowest BCUT2D eigenvalue weighted by Gasteiger charge is -2.18. The van der Waals surface area contributed by atoms with Crippen LogP contribution >= 0.6 is 0 Å².